The summed E-state index contributed by atoms with van der Waals surface area (Å²) in [4.78, 5) is 23.4. The number of aromatic carboxylic acids is 2. The smallest absolute Gasteiger partial charge is 0.336 e. The van der Waals surface area contributed by atoms with Gasteiger partial charge in [-0.05, 0) is 86.1 Å². The molecule has 2 aliphatic heterocycles. The van der Waals surface area contributed by atoms with E-state index in [1.54, 1.807) is 0 Å². The van der Waals surface area contributed by atoms with Crippen LogP contribution in [0.3, 0.4) is 0 Å². The van der Waals surface area contributed by atoms with Crippen LogP contribution in [0.4, 0.5) is 0 Å². The number of unbranched alkanes of at least 4 members (excludes halogenated alkanes) is 2. The molecule has 0 aromatic heterocycles. The van der Waals surface area contributed by atoms with Gasteiger partial charge in [-0.3, -0.25) is 0 Å². The zero-order chi connectivity index (χ0) is 35.6. The highest BCUT2D eigenvalue weighted by atomic mass is 16.5. The van der Waals surface area contributed by atoms with Gasteiger partial charge < -0.3 is 19.7 Å². The predicted octanol–water partition coefficient (Wildman–Crippen LogP) is 11.2. The minimum atomic E-state index is -0.860. The molecule has 0 saturated carbocycles. The van der Waals surface area contributed by atoms with E-state index >= 15 is 0 Å². The average Bonchev–Trinajstić information content (AvgIpc) is 3.12. The minimum Gasteiger partial charge on any atom is -0.478 e. The van der Waals surface area contributed by atoms with Gasteiger partial charge in [-0.1, -0.05) is 111 Å². The summed E-state index contributed by atoms with van der Waals surface area (Å²) in [5.41, 5.74) is 9.01. The fourth-order valence-corrected chi connectivity index (χ4v) is 6.33. The molecule has 5 aromatic rings. The van der Waals surface area contributed by atoms with Crippen LogP contribution in [-0.4, -0.2) is 22.2 Å². The van der Waals surface area contributed by atoms with Crippen molar-refractivity contribution >= 4 is 11.9 Å². The fraction of sp³-hybridized carbons (Fsp3) is 0.273. The Balaban J connectivity index is 0.000000160. The number of para-hydroxylation sites is 2. The standard InChI is InChI=1S/2C18H18O3.C8H10/c2*1-2-3-6-12-9-10-16-14(17(12)18(19)20)11-13-7-4-5-8-15(13)21-16;1-7-3-5-8(2)6-4-7/h2*4-5,7-10H,2-3,6,11H2,1H3,(H,19,20);3-6H,1-2H3. The highest BCUT2D eigenvalue weighted by Gasteiger charge is 2.26. The molecule has 0 aliphatic carbocycles. The first kappa shape index (κ1) is 35.9. The van der Waals surface area contributed by atoms with Crippen LogP contribution in [0.1, 0.15) is 105 Å². The van der Waals surface area contributed by atoms with Gasteiger partial charge in [-0.25, -0.2) is 9.59 Å². The number of rotatable bonds is 8. The molecule has 50 heavy (non-hydrogen) atoms. The number of carboxylic acids is 2. The lowest BCUT2D eigenvalue weighted by Crippen LogP contribution is -2.12. The van der Waals surface area contributed by atoms with Crippen LogP contribution in [0.2, 0.25) is 0 Å². The molecule has 0 amide bonds. The molecule has 6 heteroatoms. The Hall–Kier alpha value is -5.36. The van der Waals surface area contributed by atoms with Crippen molar-refractivity contribution in [2.75, 3.05) is 0 Å². The second-order valence-electron chi connectivity index (χ2n) is 12.9. The van der Waals surface area contributed by atoms with E-state index in [0.29, 0.717) is 35.5 Å². The average molecular weight is 671 g/mol. The number of carboxylic acid groups (broad SMARTS) is 2. The van der Waals surface area contributed by atoms with Crippen LogP contribution in [0, 0.1) is 13.8 Å². The van der Waals surface area contributed by atoms with Gasteiger partial charge in [0.15, 0.2) is 0 Å². The Morgan fingerprint density at radius 3 is 1.28 bits per heavy atom. The minimum absolute atomic E-state index is 0.426. The zero-order valence-corrected chi connectivity index (χ0v) is 29.4. The van der Waals surface area contributed by atoms with Gasteiger partial charge in [-0.15, -0.1) is 0 Å². The highest BCUT2D eigenvalue weighted by Crippen LogP contribution is 2.40. The summed E-state index contributed by atoms with van der Waals surface area (Å²) in [6.45, 7) is 8.41. The third kappa shape index (κ3) is 8.61. The summed E-state index contributed by atoms with van der Waals surface area (Å²) in [6, 6.07) is 31.7. The van der Waals surface area contributed by atoms with Crippen molar-refractivity contribution in [3.05, 3.63) is 153 Å². The van der Waals surface area contributed by atoms with E-state index in [2.05, 4.69) is 52.0 Å². The lowest BCUT2D eigenvalue weighted by Gasteiger charge is -2.23. The van der Waals surface area contributed by atoms with E-state index in [0.717, 1.165) is 83.4 Å². The van der Waals surface area contributed by atoms with Gasteiger partial charge in [0.2, 0.25) is 0 Å². The second-order valence-corrected chi connectivity index (χ2v) is 12.9. The van der Waals surface area contributed by atoms with E-state index in [1.165, 1.54) is 11.1 Å². The van der Waals surface area contributed by atoms with Gasteiger partial charge in [0.05, 0.1) is 11.1 Å². The summed E-state index contributed by atoms with van der Waals surface area (Å²) in [7, 11) is 0. The Kier molecular flexibility index (Phi) is 12.1. The van der Waals surface area contributed by atoms with Gasteiger partial charge >= 0.3 is 11.9 Å². The number of hydrogen-bond acceptors (Lipinski definition) is 4. The van der Waals surface area contributed by atoms with Crippen LogP contribution in [0.5, 0.6) is 23.0 Å². The monoisotopic (exact) mass is 670 g/mol. The maximum Gasteiger partial charge on any atom is 0.336 e. The van der Waals surface area contributed by atoms with Gasteiger partial charge in [0.1, 0.15) is 23.0 Å². The lowest BCUT2D eigenvalue weighted by atomic mass is 9.91. The lowest BCUT2D eigenvalue weighted by molar-refractivity contribution is 0.0683. The summed E-state index contributed by atoms with van der Waals surface area (Å²) in [5.74, 6) is 1.27. The maximum absolute atomic E-state index is 11.7. The van der Waals surface area contributed by atoms with Crippen LogP contribution in [0.25, 0.3) is 0 Å². The third-order valence-corrected chi connectivity index (χ3v) is 9.08. The van der Waals surface area contributed by atoms with Gasteiger partial charge in [0.25, 0.3) is 0 Å². The first-order chi connectivity index (χ1) is 24.2. The number of benzene rings is 5. The number of hydrogen-bond donors (Lipinski definition) is 2. The van der Waals surface area contributed by atoms with Crippen molar-refractivity contribution < 1.29 is 29.3 Å². The molecule has 0 saturated heterocycles. The summed E-state index contributed by atoms with van der Waals surface area (Å²) >= 11 is 0. The maximum atomic E-state index is 11.7. The molecular formula is C44H46O6. The summed E-state index contributed by atoms with van der Waals surface area (Å²) in [6.07, 6.45) is 6.93. The van der Waals surface area contributed by atoms with E-state index in [-0.39, 0.29) is 0 Å². The molecule has 0 bridgehead atoms. The molecule has 0 unspecified atom stereocenters. The van der Waals surface area contributed by atoms with Crippen molar-refractivity contribution in [2.24, 2.45) is 0 Å². The highest BCUT2D eigenvalue weighted by molar-refractivity contribution is 5.93. The molecular weight excluding hydrogens is 624 g/mol. The van der Waals surface area contributed by atoms with Crippen molar-refractivity contribution in [3.8, 4) is 23.0 Å². The predicted molar refractivity (Wildman–Crippen MR) is 199 cm³/mol. The van der Waals surface area contributed by atoms with E-state index in [4.69, 9.17) is 9.47 Å². The molecule has 6 nitrogen and oxygen atoms in total. The van der Waals surface area contributed by atoms with Crippen LogP contribution >= 0.6 is 0 Å². The van der Waals surface area contributed by atoms with E-state index < -0.39 is 11.9 Å². The van der Waals surface area contributed by atoms with Crippen molar-refractivity contribution in [3.63, 3.8) is 0 Å². The molecule has 0 radical (unpaired) electrons. The first-order valence-corrected chi connectivity index (χ1v) is 17.5. The molecule has 5 aromatic carbocycles. The Bertz CT molecular complexity index is 1820. The largest absolute Gasteiger partial charge is 0.478 e. The van der Waals surface area contributed by atoms with E-state index in [1.807, 2.05) is 72.8 Å². The topological polar surface area (TPSA) is 93.1 Å². The second kappa shape index (κ2) is 16.8. The fourth-order valence-electron chi connectivity index (χ4n) is 6.33. The Morgan fingerprint density at radius 1 is 0.540 bits per heavy atom. The van der Waals surface area contributed by atoms with Crippen LogP contribution < -0.4 is 9.47 Å². The number of aryl methyl sites for hydroxylation is 4. The quantitative estimate of drug-likeness (QED) is 0.167. The van der Waals surface area contributed by atoms with Crippen molar-refractivity contribution in [2.45, 2.75) is 79.1 Å². The molecule has 0 spiro atoms. The van der Waals surface area contributed by atoms with E-state index in [9.17, 15) is 19.8 Å². The normalized spacial score (nSPS) is 11.8. The molecule has 7 rings (SSSR count). The SMILES string of the molecule is CCCCc1ccc2c(c1C(=O)O)Cc1ccccc1O2.CCCCc1ccc2c(c1C(=O)O)Cc1ccccc1O2.Cc1ccc(C)cc1. The summed E-state index contributed by atoms with van der Waals surface area (Å²) in [5, 5.41) is 19.2. The summed E-state index contributed by atoms with van der Waals surface area (Å²) < 4.78 is 11.7. The number of ether oxygens (including phenoxy) is 2. The van der Waals surface area contributed by atoms with Crippen LogP contribution in [0.15, 0.2) is 97.1 Å². The number of fused-ring (bicyclic) bond motifs is 4. The molecule has 2 aliphatic rings. The van der Waals surface area contributed by atoms with Crippen molar-refractivity contribution in [1.29, 1.82) is 0 Å². The molecule has 2 heterocycles. The molecule has 0 atom stereocenters. The zero-order valence-electron chi connectivity index (χ0n) is 29.4. The number of carbonyl (C=O) groups is 2. The molecule has 0 fully saturated rings. The molecule has 2 N–H and O–H groups in total. The first-order valence-electron chi connectivity index (χ1n) is 17.5. The molecule has 258 valence electrons. The Morgan fingerprint density at radius 2 is 0.920 bits per heavy atom. The van der Waals surface area contributed by atoms with Gasteiger partial charge in [0, 0.05) is 24.0 Å². The Labute approximate surface area is 295 Å². The van der Waals surface area contributed by atoms with Crippen molar-refractivity contribution in [1.82, 2.24) is 0 Å². The van der Waals surface area contributed by atoms with Crippen LogP contribution in [-0.2, 0) is 25.7 Å². The third-order valence-electron chi connectivity index (χ3n) is 9.08. The van der Waals surface area contributed by atoms with Gasteiger partial charge in [-0.2, -0.15) is 0 Å².